The van der Waals surface area contributed by atoms with Crippen LogP contribution in [-0.2, 0) is 13.7 Å². The van der Waals surface area contributed by atoms with Crippen LogP contribution >= 0.6 is 12.6 Å². The fraction of sp³-hybridized carbons (Fsp3) is 0.182. The quantitative estimate of drug-likeness (QED) is 0.522. The van der Waals surface area contributed by atoms with E-state index in [0.29, 0.717) is 12.4 Å². The minimum absolute atomic E-state index is 0.0397. The second-order valence-electron chi connectivity index (χ2n) is 3.66. The number of benzene rings is 1. The number of non-ortho nitro benzene ring substituents is 1. The summed E-state index contributed by atoms with van der Waals surface area (Å²) in [6.45, 7) is 0.298. The molecule has 0 saturated carbocycles. The Labute approximate surface area is 109 Å². The number of nitro groups is 1. The van der Waals surface area contributed by atoms with Crippen LogP contribution in [0, 0.1) is 10.1 Å². The zero-order valence-corrected chi connectivity index (χ0v) is 10.5. The highest BCUT2D eigenvalue weighted by Crippen LogP contribution is 2.18. The molecule has 1 heterocycles. The number of hydrogen-bond acceptors (Lipinski definition) is 5. The van der Waals surface area contributed by atoms with Gasteiger partial charge in [-0.1, -0.05) is 0 Å². The highest BCUT2D eigenvalue weighted by Gasteiger charge is 2.06. The van der Waals surface area contributed by atoms with Crippen molar-refractivity contribution in [2.45, 2.75) is 11.6 Å². The molecule has 0 aliphatic carbocycles. The molecule has 0 bridgehead atoms. The molecule has 2 aromatic rings. The standard InChI is InChI=1S/C11H11N3O3S/c1-13-11(18)6-8(12-13)7-17-10-4-2-9(3-5-10)14(15)16/h2-6,18H,7H2,1H3. The molecule has 2 rings (SSSR count). The second-order valence-corrected chi connectivity index (χ2v) is 4.12. The summed E-state index contributed by atoms with van der Waals surface area (Å²) >= 11 is 4.20. The molecule has 18 heavy (non-hydrogen) atoms. The van der Waals surface area contributed by atoms with Crippen LogP contribution in [0.1, 0.15) is 5.69 Å². The SMILES string of the molecule is Cn1nc(COc2ccc([N+](=O)[O-])cc2)cc1S. The molecule has 0 N–H and O–H groups in total. The van der Waals surface area contributed by atoms with Crippen molar-refractivity contribution in [1.29, 1.82) is 0 Å². The van der Waals surface area contributed by atoms with E-state index in [1.165, 1.54) is 12.1 Å². The highest BCUT2D eigenvalue weighted by molar-refractivity contribution is 7.80. The van der Waals surface area contributed by atoms with Crippen LogP contribution in [0.2, 0.25) is 0 Å². The summed E-state index contributed by atoms with van der Waals surface area (Å²) in [7, 11) is 1.79. The summed E-state index contributed by atoms with van der Waals surface area (Å²) in [6.07, 6.45) is 0. The first-order chi connectivity index (χ1) is 8.56. The Balaban J connectivity index is 2.00. The summed E-state index contributed by atoms with van der Waals surface area (Å²) in [5.41, 5.74) is 0.790. The van der Waals surface area contributed by atoms with Crippen LogP contribution in [0.4, 0.5) is 5.69 Å². The van der Waals surface area contributed by atoms with Gasteiger partial charge in [0.15, 0.2) is 0 Å². The lowest BCUT2D eigenvalue weighted by Gasteiger charge is -2.03. The maximum absolute atomic E-state index is 10.5. The zero-order valence-electron chi connectivity index (χ0n) is 9.61. The molecule has 1 aromatic carbocycles. The van der Waals surface area contributed by atoms with Gasteiger partial charge in [-0.05, 0) is 18.2 Å². The van der Waals surface area contributed by atoms with E-state index in [4.69, 9.17) is 4.74 Å². The third-order valence-corrected chi connectivity index (χ3v) is 2.76. The lowest BCUT2D eigenvalue weighted by atomic mass is 10.3. The molecule has 0 radical (unpaired) electrons. The molecule has 0 fully saturated rings. The van der Waals surface area contributed by atoms with E-state index in [1.807, 2.05) is 0 Å². The summed E-state index contributed by atoms with van der Waals surface area (Å²) in [5.74, 6) is 0.562. The number of thiol groups is 1. The summed E-state index contributed by atoms with van der Waals surface area (Å²) < 4.78 is 7.10. The average Bonchev–Trinajstić information content (AvgIpc) is 2.67. The van der Waals surface area contributed by atoms with E-state index >= 15 is 0 Å². The number of aryl methyl sites for hydroxylation is 1. The van der Waals surface area contributed by atoms with Gasteiger partial charge >= 0.3 is 0 Å². The number of nitrogens with zero attached hydrogens (tertiary/aromatic N) is 3. The van der Waals surface area contributed by atoms with Gasteiger partial charge in [0.25, 0.3) is 5.69 Å². The maximum Gasteiger partial charge on any atom is 0.269 e. The third kappa shape index (κ3) is 2.80. The molecule has 7 heteroatoms. The van der Waals surface area contributed by atoms with Gasteiger partial charge in [0.1, 0.15) is 18.1 Å². The van der Waals surface area contributed by atoms with Crippen LogP contribution in [0.3, 0.4) is 0 Å². The Morgan fingerprint density at radius 3 is 2.61 bits per heavy atom. The van der Waals surface area contributed by atoms with Gasteiger partial charge < -0.3 is 4.74 Å². The fourth-order valence-corrected chi connectivity index (χ4v) is 1.60. The largest absolute Gasteiger partial charge is 0.487 e. The van der Waals surface area contributed by atoms with Gasteiger partial charge in [-0.2, -0.15) is 5.10 Å². The van der Waals surface area contributed by atoms with Crippen molar-refractivity contribution >= 4 is 18.3 Å². The van der Waals surface area contributed by atoms with Crippen molar-refractivity contribution in [3.05, 3.63) is 46.1 Å². The minimum atomic E-state index is -0.449. The molecule has 0 amide bonds. The summed E-state index contributed by atoms with van der Waals surface area (Å²) in [4.78, 5) is 10.0. The van der Waals surface area contributed by atoms with E-state index in [1.54, 1.807) is 29.9 Å². The lowest BCUT2D eigenvalue weighted by Crippen LogP contribution is -1.98. The molecule has 0 spiro atoms. The van der Waals surface area contributed by atoms with Crippen LogP contribution in [0.25, 0.3) is 0 Å². The number of aromatic nitrogens is 2. The van der Waals surface area contributed by atoms with Crippen LogP contribution in [0.5, 0.6) is 5.75 Å². The number of hydrogen-bond donors (Lipinski definition) is 1. The second kappa shape index (κ2) is 5.09. The predicted molar refractivity (Wildman–Crippen MR) is 67.9 cm³/mol. The van der Waals surface area contributed by atoms with E-state index < -0.39 is 4.92 Å². The van der Waals surface area contributed by atoms with Crippen LogP contribution in [0.15, 0.2) is 35.4 Å². The number of ether oxygens (including phenoxy) is 1. The van der Waals surface area contributed by atoms with Crippen molar-refractivity contribution in [2.75, 3.05) is 0 Å². The molecular weight excluding hydrogens is 254 g/mol. The number of rotatable bonds is 4. The van der Waals surface area contributed by atoms with Crippen LogP contribution in [-0.4, -0.2) is 14.7 Å². The Bertz CT molecular complexity index is 546. The third-order valence-electron chi connectivity index (χ3n) is 2.34. The Morgan fingerprint density at radius 2 is 2.11 bits per heavy atom. The average molecular weight is 265 g/mol. The van der Waals surface area contributed by atoms with E-state index in [-0.39, 0.29) is 5.69 Å². The van der Waals surface area contributed by atoms with Gasteiger partial charge in [0.2, 0.25) is 0 Å². The zero-order chi connectivity index (χ0) is 13.1. The molecule has 0 aliphatic heterocycles. The Hall–Kier alpha value is -2.02. The van der Waals surface area contributed by atoms with E-state index in [0.717, 1.165) is 10.7 Å². The van der Waals surface area contributed by atoms with Gasteiger partial charge in [-0.3, -0.25) is 14.8 Å². The minimum Gasteiger partial charge on any atom is -0.487 e. The molecular formula is C11H11N3O3S. The van der Waals surface area contributed by atoms with Gasteiger partial charge in [-0.25, -0.2) is 0 Å². The first kappa shape index (κ1) is 12.4. The molecule has 0 aliphatic rings. The summed E-state index contributed by atoms with van der Waals surface area (Å²) in [6, 6.07) is 7.72. The first-order valence-electron chi connectivity index (χ1n) is 5.15. The molecule has 6 nitrogen and oxygen atoms in total. The highest BCUT2D eigenvalue weighted by atomic mass is 32.1. The fourth-order valence-electron chi connectivity index (χ4n) is 1.41. The first-order valence-corrected chi connectivity index (χ1v) is 5.60. The smallest absolute Gasteiger partial charge is 0.269 e. The summed E-state index contributed by atoms with van der Waals surface area (Å²) in [5, 5.41) is 15.4. The van der Waals surface area contributed by atoms with Gasteiger partial charge in [-0.15, -0.1) is 12.6 Å². The lowest BCUT2D eigenvalue weighted by molar-refractivity contribution is -0.384. The van der Waals surface area contributed by atoms with Crippen molar-refractivity contribution in [2.24, 2.45) is 7.05 Å². The molecule has 0 saturated heterocycles. The van der Waals surface area contributed by atoms with Crippen molar-refractivity contribution < 1.29 is 9.66 Å². The molecule has 94 valence electrons. The van der Waals surface area contributed by atoms with E-state index in [2.05, 4.69) is 17.7 Å². The Kier molecular flexibility index (Phi) is 3.52. The predicted octanol–water partition coefficient (Wildman–Crippen LogP) is 2.20. The topological polar surface area (TPSA) is 70.2 Å². The molecule has 0 atom stereocenters. The monoisotopic (exact) mass is 265 g/mol. The van der Waals surface area contributed by atoms with Gasteiger partial charge in [0.05, 0.1) is 9.95 Å². The van der Waals surface area contributed by atoms with Crippen LogP contribution < -0.4 is 4.74 Å². The number of nitro benzene ring substituents is 1. The van der Waals surface area contributed by atoms with Gasteiger partial charge in [0, 0.05) is 19.2 Å². The molecule has 1 aromatic heterocycles. The maximum atomic E-state index is 10.5. The Morgan fingerprint density at radius 1 is 1.44 bits per heavy atom. The molecule has 0 unspecified atom stereocenters. The normalized spacial score (nSPS) is 10.3. The van der Waals surface area contributed by atoms with Crippen molar-refractivity contribution in [3.8, 4) is 5.75 Å². The van der Waals surface area contributed by atoms with E-state index in [9.17, 15) is 10.1 Å². The van der Waals surface area contributed by atoms with Crippen molar-refractivity contribution in [3.63, 3.8) is 0 Å². The van der Waals surface area contributed by atoms with Crippen molar-refractivity contribution in [1.82, 2.24) is 9.78 Å².